The Bertz CT molecular complexity index is 2180. The van der Waals surface area contributed by atoms with E-state index in [0.29, 0.717) is 0 Å². The molecular formula is C45H44GeIrN2O-2. The summed E-state index contributed by atoms with van der Waals surface area (Å²) in [5, 5.41) is 2.24. The van der Waals surface area contributed by atoms with E-state index in [1.165, 1.54) is 46.8 Å². The molecule has 0 N–H and O–H groups in total. The minimum absolute atomic E-state index is 0. The van der Waals surface area contributed by atoms with E-state index in [1.807, 2.05) is 48.8 Å². The van der Waals surface area contributed by atoms with E-state index in [1.54, 1.807) is 0 Å². The normalized spacial score (nSPS) is 13.5. The van der Waals surface area contributed by atoms with E-state index in [9.17, 15) is 0 Å². The fourth-order valence-corrected chi connectivity index (χ4v) is 9.31. The summed E-state index contributed by atoms with van der Waals surface area (Å²) in [7, 11) is 0. The van der Waals surface area contributed by atoms with E-state index < -0.39 is 13.3 Å². The second kappa shape index (κ2) is 15.2. The van der Waals surface area contributed by atoms with E-state index >= 15 is 0 Å². The Morgan fingerprint density at radius 3 is 2.20 bits per heavy atom. The number of nitrogens with zero attached hydrogens (tertiary/aromatic N) is 2. The van der Waals surface area contributed by atoms with Gasteiger partial charge in [0.05, 0.1) is 5.58 Å². The van der Waals surface area contributed by atoms with Crippen LogP contribution in [0.15, 0.2) is 126 Å². The molecule has 3 nitrogen and oxygen atoms in total. The van der Waals surface area contributed by atoms with E-state index in [4.69, 9.17) is 9.40 Å². The van der Waals surface area contributed by atoms with Gasteiger partial charge in [-0.3, -0.25) is 0 Å². The molecule has 1 aliphatic rings. The standard InChI is InChI=1S/C31H28NO.C14H16GeN.Ir/c1-31(2,23-11-6-7-12-23)24-17-18-32-28(20-24)26-14-8-13-25-27-19-22(21-9-4-3-5-10-21)15-16-29(27)33-30(25)26;1-15(2,3)13-9-10-14(16-11-13)12-7-5-4-6-8-12;/h3-5,8-10,13,15-20,23H,6-7,11-12H2,1-2H3;4-7,9-11H,1-3H3;/q2*-1;. The zero-order valence-corrected chi connectivity index (χ0v) is 34.1. The molecule has 1 fully saturated rings. The molecule has 1 aliphatic carbocycles. The average Bonchev–Trinajstić information content (AvgIpc) is 3.82. The molecule has 0 aliphatic heterocycles. The second-order valence-electron chi connectivity index (χ2n) is 14.9. The summed E-state index contributed by atoms with van der Waals surface area (Å²) in [5.74, 6) is 7.87. The largest absolute Gasteiger partial charge is 0 e. The molecule has 0 amide bonds. The van der Waals surface area contributed by atoms with Crippen LogP contribution < -0.4 is 4.40 Å². The average molecular weight is 894 g/mol. The first-order chi connectivity index (χ1) is 23.7. The zero-order valence-electron chi connectivity index (χ0n) is 29.6. The quantitative estimate of drug-likeness (QED) is 0.123. The number of rotatable bonds is 6. The van der Waals surface area contributed by atoms with Crippen molar-refractivity contribution < 1.29 is 24.5 Å². The first-order valence-electron chi connectivity index (χ1n) is 17.5. The molecule has 7 aromatic rings. The Hall–Kier alpha value is -3.83. The second-order valence-corrected chi connectivity index (χ2v) is 25.5. The number of furan rings is 1. The van der Waals surface area contributed by atoms with Crippen LogP contribution in [0.3, 0.4) is 0 Å². The van der Waals surface area contributed by atoms with Gasteiger partial charge in [0.1, 0.15) is 5.58 Å². The molecule has 5 heteroatoms. The van der Waals surface area contributed by atoms with Crippen molar-refractivity contribution >= 4 is 39.6 Å². The molecule has 50 heavy (non-hydrogen) atoms. The number of hydrogen-bond donors (Lipinski definition) is 0. The van der Waals surface area contributed by atoms with Gasteiger partial charge in [-0.2, -0.15) is 0 Å². The van der Waals surface area contributed by atoms with Crippen LogP contribution in [0.1, 0.15) is 45.1 Å². The van der Waals surface area contributed by atoms with Crippen LogP contribution in [0.25, 0.3) is 55.6 Å². The third-order valence-corrected chi connectivity index (χ3v) is 14.5. The molecule has 0 atom stereocenters. The summed E-state index contributed by atoms with van der Waals surface area (Å²) in [6.07, 6.45) is 9.33. The number of pyridine rings is 2. The van der Waals surface area contributed by atoms with Crippen molar-refractivity contribution in [1.29, 1.82) is 0 Å². The summed E-state index contributed by atoms with van der Waals surface area (Å²) >= 11 is -1.72. The molecule has 0 saturated heterocycles. The molecule has 1 saturated carbocycles. The summed E-state index contributed by atoms with van der Waals surface area (Å²) in [6.45, 7) is 4.78. The molecule has 0 bridgehead atoms. The third kappa shape index (κ3) is 7.59. The third-order valence-electron chi connectivity index (χ3n) is 10.3. The van der Waals surface area contributed by atoms with Crippen molar-refractivity contribution in [1.82, 2.24) is 9.97 Å². The predicted octanol–water partition coefficient (Wildman–Crippen LogP) is 11.7. The Labute approximate surface area is 313 Å². The molecular weight excluding hydrogens is 849 g/mol. The van der Waals surface area contributed by atoms with Gasteiger partial charge in [0.15, 0.2) is 0 Å². The van der Waals surface area contributed by atoms with Gasteiger partial charge in [0.25, 0.3) is 0 Å². The van der Waals surface area contributed by atoms with Gasteiger partial charge >= 0.3 is 99.8 Å². The fraction of sp³-hybridized carbons (Fsp3) is 0.244. The van der Waals surface area contributed by atoms with Crippen LogP contribution in [0.2, 0.25) is 17.3 Å². The molecule has 3 heterocycles. The van der Waals surface area contributed by atoms with E-state index in [-0.39, 0.29) is 25.5 Å². The van der Waals surface area contributed by atoms with Gasteiger partial charge in [-0.05, 0) is 64.8 Å². The van der Waals surface area contributed by atoms with Gasteiger partial charge in [-0.1, -0.05) is 80.1 Å². The zero-order chi connectivity index (χ0) is 34.0. The molecule has 1 radical (unpaired) electrons. The molecule has 8 rings (SSSR count). The number of benzene rings is 4. The van der Waals surface area contributed by atoms with Gasteiger partial charge in [-0.15, -0.1) is 18.2 Å². The number of fused-ring (bicyclic) bond motifs is 3. The smallest absolute Gasteiger partial charge is 0 e. The summed E-state index contributed by atoms with van der Waals surface area (Å²) in [5.41, 5.74) is 9.60. The van der Waals surface area contributed by atoms with Crippen molar-refractivity contribution in [2.24, 2.45) is 5.92 Å². The summed E-state index contributed by atoms with van der Waals surface area (Å²) < 4.78 is 7.83. The Morgan fingerprint density at radius 2 is 1.50 bits per heavy atom. The minimum atomic E-state index is -1.72. The maximum Gasteiger partial charge on any atom is 0 e. The number of hydrogen-bond acceptors (Lipinski definition) is 3. The van der Waals surface area contributed by atoms with Crippen LogP contribution >= 0.6 is 0 Å². The molecule has 0 unspecified atom stereocenters. The van der Waals surface area contributed by atoms with Crippen LogP contribution in [-0.4, -0.2) is 23.2 Å². The van der Waals surface area contributed by atoms with Crippen molar-refractivity contribution in [3.05, 3.63) is 139 Å². The van der Waals surface area contributed by atoms with Crippen molar-refractivity contribution in [3.63, 3.8) is 0 Å². The van der Waals surface area contributed by atoms with Gasteiger partial charge in [0.2, 0.25) is 0 Å². The molecule has 3 aromatic heterocycles. The van der Waals surface area contributed by atoms with Crippen molar-refractivity contribution in [2.45, 2.75) is 62.2 Å². The van der Waals surface area contributed by atoms with E-state index in [2.05, 4.69) is 121 Å². The SMILES string of the molecule is CC(C)(c1ccnc(-c2[c-]ccc3c2oc2ccc(-c4ccccc4)cc23)c1)C1CCCC1.[CH3][Ge]([CH3])([CH3])[c]1ccc(-c2[c-]cccc2)nc1.[Ir]. The first kappa shape index (κ1) is 36.0. The maximum atomic E-state index is 6.38. The summed E-state index contributed by atoms with van der Waals surface area (Å²) in [6, 6.07) is 44.4. The van der Waals surface area contributed by atoms with Crippen molar-refractivity contribution in [2.75, 3.05) is 0 Å². The Kier molecular flexibility index (Phi) is 10.9. The Balaban J connectivity index is 0.000000215. The van der Waals surface area contributed by atoms with Crippen molar-refractivity contribution in [3.8, 4) is 33.6 Å². The van der Waals surface area contributed by atoms with Gasteiger partial charge in [0, 0.05) is 31.7 Å². The minimum Gasteiger partial charge on any atom is 0 e. The predicted molar refractivity (Wildman–Crippen MR) is 208 cm³/mol. The monoisotopic (exact) mass is 895 g/mol. The Morgan fingerprint density at radius 1 is 0.720 bits per heavy atom. The molecule has 4 aromatic carbocycles. The van der Waals surface area contributed by atoms with Crippen LogP contribution in [0.4, 0.5) is 0 Å². The molecule has 255 valence electrons. The summed E-state index contributed by atoms with van der Waals surface area (Å²) in [4.78, 5) is 9.27. The van der Waals surface area contributed by atoms with Crippen LogP contribution in [-0.2, 0) is 25.5 Å². The fourth-order valence-electron chi connectivity index (χ4n) is 7.14. The van der Waals surface area contributed by atoms with Crippen LogP contribution in [0.5, 0.6) is 0 Å². The van der Waals surface area contributed by atoms with E-state index in [0.717, 1.165) is 50.4 Å². The topological polar surface area (TPSA) is 38.9 Å². The van der Waals surface area contributed by atoms with Gasteiger partial charge < -0.3 is 9.40 Å². The van der Waals surface area contributed by atoms with Crippen LogP contribution in [0, 0.1) is 18.1 Å². The molecule has 0 spiro atoms. The number of aromatic nitrogens is 2. The van der Waals surface area contributed by atoms with Gasteiger partial charge in [-0.25, -0.2) is 0 Å². The first-order valence-corrected chi connectivity index (χ1v) is 24.9. The maximum absolute atomic E-state index is 6.38.